The molecule has 1 amide bonds. The highest BCUT2D eigenvalue weighted by Gasteiger charge is 2.33. The van der Waals surface area contributed by atoms with Crippen molar-refractivity contribution in [3.8, 4) is 11.1 Å². The van der Waals surface area contributed by atoms with Crippen LogP contribution in [0.2, 0.25) is 0 Å². The lowest BCUT2D eigenvalue weighted by Crippen LogP contribution is -2.39. The van der Waals surface area contributed by atoms with Crippen molar-refractivity contribution in [2.24, 2.45) is 0 Å². The quantitative estimate of drug-likeness (QED) is 0.856. The SMILES string of the molecule is C[C@H]1CC[C@H](C(=O)N(C)C)c2ncc(-c3ccccc3)c(=O)n21. The van der Waals surface area contributed by atoms with Crippen molar-refractivity contribution in [2.75, 3.05) is 14.1 Å². The lowest BCUT2D eigenvalue weighted by Gasteiger charge is -2.31. The van der Waals surface area contributed by atoms with E-state index >= 15 is 0 Å². The Bertz CT molecular complexity index is 781. The third kappa shape index (κ3) is 2.67. The average molecular weight is 311 g/mol. The summed E-state index contributed by atoms with van der Waals surface area (Å²) in [4.78, 5) is 31.4. The summed E-state index contributed by atoms with van der Waals surface area (Å²) in [7, 11) is 3.47. The van der Waals surface area contributed by atoms with Gasteiger partial charge < -0.3 is 4.90 Å². The monoisotopic (exact) mass is 311 g/mol. The number of amides is 1. The fourth-order valence-electron chi connectivity index (χ4n) is 3.19. The molecule has 2 heterocycles. The normalized spacial score (nSPS) is 20.0. The van der Waals surface area contributed by atoms with E-state index in [1.165, 1.54) is 0 Å². The fourth-order valence-corrected chi connectivity index (χ4v) is 3.19. The van der Waals surface area contributed by atoms with Crippen molar-refractivity contribution in [3.63, 3.8) is 0 Å². The summed E-state index contributed by atoms with van der Waals surface area (Å²) < 4.78 is 1.71. The minimum absolute atomic E-state index is 0.00464. The Hall–Kier alpha value is -2.43. The molecule has 0 spiro atoms. The smallest absolute Gasteiger partial charge is 0.261 e. The van der Waals surface area contributed by atoms with Gasteiger partial charge in [-0.15, -0.1) is 0 Å². The highest BCUT2D eigenvalue weighted by atomic mass is 16.2. The zero-order chi connectivity index (χ0) is 16.6. The number of likely N-dealkylation sites (N-methyl/N-ethyl adjacent to an activating group) is 1. The molecule has 5 heteroatoms. The van der Waals surface area contributed by atoms with Gasteiger partial charge in [-0.1, -0.05) is 30.3 Å². The predicted molar refractivity (Wildman–Crippen MR) is 89.3 cm³/mol. The Labute approximate surface area is 135 Å². The second-order valence-corrected chi connectivity index (χ2v) is 6.28. The molecule has 0 N–H and O–H groups in total. The van der Waals surface area contributed by atoms with Gasteiger partial charge in [-0.2, -0.15) is 0 Å². The predicted octanol–water partition coefficient (Wildman–Crippen LogP) is 2.44. The average Bonchev–Trinajstić information content (AvgIpc) is 2.55. The van der Waals surface area contributed by atoms with Crippen LogP contribution in [0, 0.1) is 0 Å². The Morgan fingerprint density at radius 3 is 2.57 bits per heavy atom. The van der Waals surface area contributed by atoms with E-state index in [0.717, 1.165) is 18.4 Å². The zero-order valence-corrected chi connectivity index (χ0v) is 13.7. The molecule has 2 atom stereocenters. The molecule has 0 aliphatic carbocycles. The van der Waals surface area contributed by atoms with Crippen molar-refractivity contribution in [1.29, 1.82) is 0 Å². The summed E-state index contributed by atoms with van der Waals surface area (Å²) in [5.74, 6) is 0.260. The molecule has 0 radical (unpaired) electrons. The van der Waals surface area contributed by atoms with Crippen LogP contribution in [0.3, 0.4) is 0 Å². The second kappa shape index (κ2) is 5.99. The van der Waals surface area contributed by atoms with Crippen molar-refractivity contribution in [3.05, 3.63) is 52.7 Å². The van der Waals surface area contributed by atoms with Crippen LogP contribution in [0.5, 0.6) is 0 Å². The number of carbonyl (C=O) groups is 1. The van der Waals surface area contributed by atoms with Gasteiger partial charge in [-0.25, -0.2) is 4.98 Å². The first-order chi connectivity index (χ1) is 11.0. The molecule has 0 saturated heterocycles. The summed E-state index contributed by atoms with van der Waals surface area (Å²) in [5, 5.41) is 0. The van der Waals surface area contributed by atoms with E-state index in [4.69, 9.17) is 0 Å². The Balaban J connectivity index is 2.14. The molecule has 120 valence electrons. The molecule has 1 aliphatic heterocycles. The number of hydrogen-bond donors (Lipinski definition) is 0. The Morgan fingerprint density at radius 1 is 1.22 bits per heavy atom. The molecular formula is C18H21N3O2. The molecule has 0 bridgehead atoms. The van der Waals surface area contributed by atoms with Gasteiger partial charge in [0.2, 0.25) is 5.91 Å². The third-order valence-corrected chi connectivity index (χ3v) is 4.47. The third-order valence-electron chi connectivity index (χ3n) is 4.47. The van der Waals surface area contributed by atoms with E-state index < -0.39 is 0 Å². The molecule has 1 aromatic heterocycles. The van der Waals surface area contributed by atoms with Gasteiger partial charge in [-0.05, 0) is 25.3 Å². The van der Waals surface area contributed by atoms with Gasteiger partial charge in [0.1, 0.15) is 5.82 Å². The van der Waals surface area contributed by atoms with Crippen molar-refractivity contribution < 1.29 is 4.79 Å². The van der Waals surface area contributed by atoms with E-state index in [2.05, 4.69) is 4.98 Å². The highest BCUT2D eigenvalue weighted by Crippen LogP contribution is 2.32. The van der Waals surface area contributed by atoms with Crippen molar-refractivity contribution in [1.82, 2.24) is 14.5 Å². The van der Waals surface area contributed by atoms with Crippen molar-refractivity contribution in [2.45, 2.75) is 31.7 Å². The first kappa shape index (κ1) is 15.5. The first-order valence-corrected chi connectivity index (χ1v) is 7.88. The molecule has 3 rings (SSSR count). The second-order valence-electron chi connectivity index (χ2n) is 6.28. The minimum atomic E-state index is -0.335. The summed E-state index contributed by atoms with van der Waals surface area (Å²) in [5.41, 5.74) is 1.37. The van der Waals surface area contributed by atoms with Gasteiger partial charge in [0, 0.05) is 26.3 Å². The maximum atomic E-state index is 13.0. The summed E-state index contributed by atoms with van der Waals surface area (Å²) >= 11 is 0. The topological polar surface area (TPSA) is 55.2 Å². The first-order valence-electron chi connectivity index (χ1n) is 7.88. The molecule has 1 aromatic carbocycles. The number of fused-ring (bicyclic) bond motifs is 1. The van der Waals surface area contributed by atoms with E-state index in [9.17, 15) is 9.59 Å². The zero-order valence-electron chi connectivity index (χ0n) is 13.7. The molecule has 1 aliphatic rings. The number of rotatable bonds is 2. The molecule has 0 unspecified atom stereocenters. The van der Waals surface area contributed by atoms with E-state index in [1.807, 2.05) is 37.3 Å². The molecule has 5 nitrogen and oxygen atoms in total. The number of benzene rings is 1. The largest absolute Gasteiger partial charge is 0.348 e. The molecule has 23 heavy (non-hydrogen) atoms. The fraction of sp³-hybridized carbons (Fsp3) is 0.389. The van der Waals surface area contributed by atoms with Crippen LogP contribution in [-0.4, -0.2) is 34.5 Å². The van der Waals surface area contributed by atoms with Crippen molar-refractivity contribution >= 4 is 5.91 Å². The summed E-state index contributed by atoms with van der Waals surface area (Å²) in [6.45, 7) is 2.01. The molecule has 2 aromatic rings. The maximum Gasteiger partial charge on any atom is 0.261 e. The number of hydrogen-bond acceptors (Lipinski definition) is 3. The van der Waals surface area contributed by atoms with E-state index in [0.29, 0.717) is 11.4 Å². The summed E-state index contributed by atoms with van der Waals surface area (Å²) in [6, 6.07) is 9.59. The van der Waals surface area contributed by atoms with Gasteiger partial charge in [0.05, 0.1) is 11.5 Å². The van der Waals surface area contributed by atoms with Crippen LogP contribution >= 0.6 is 0 Å². The van der Waals surface area contributed by atoms with Gasteiger partial charge in [0.15, 0.2) is 0 Å². The lowest BCUT2D eigenvalue weighted by atomic mass is 9.92. The van der Waals surface area contributed by atoms with Crippen LogP contribution < -0.4 is 5.56 Å². The van der Waals surface area contributed by atoms with Crippen LogP contribution in [0.4, 0.5) is 0 Å². The number of nitrogens with zero attached hydrogens (tertiary/aromatic N) is 3. The molecule has 0 fully saturated rings. The van der Waals surface area contributed by atoms with E-state index in [-0.39, 0.29) is 23.4 Å². The highest BCUT2D eigenvalue weighted by molar-refractivity contribution is 5.82. The van der Waals surface area contributed by atoms with Crippen LogP contribution in [0.1, 0.15) is 37.5 Å². The lowest BCUT2D eigenvalue weighted by molar-refractivity contribution is -0.131. The van der Waals surface area contributed by atoms with Gasteiger partial charge in [-0.3, -0.25) is 14.2 Å². The summed E-state index contributed by atoms with van der Waals surface area (Å²) in [6.07, 6.45) is 3.14. The van der Waals surface area contributed by atoms with Gasteiger partial charge >= 0.3 is 0 Å². The van der Waals surface area contributed by atoms with Crippen LogP contribution in [0.25, 0.3) is 11.1 Å². The Kier molecular flexibility index (Phi) is 4.03. The molecular weight excluding hydrogens is 290 g/mol. The number of carbonyl (C=O) groups excluding carboxylic acids is 1. The number of aromatic nitrogens is 2. The molecule has 0 saturated carbocycles. The van der Waals surface area contributed by atoms with Crippen LogP contribution in [-0.2, 0) is 4.79 Å². The standard InChI is InChI=1S/C18H21N3O2/c1-12-9-10-14(17(22)20(2)3)16-19-11-15(18(23)21(12)16)13-7-5-4-6-8-13/h4-8,11-12,14H,9-10H2,1-3H3/t12-,14-/m0/s1. The van der Waals surface area contributed by atoms with Crippen LogP contribution in [0.15, 0.2) is 41.3 Å². The van der Waals surface area contributed by atoms with E-state index in [1.54, 1.807) is 29.8 Å². The Morgan fingerprint density at radius 2 is 1.91 bits per heavy atom. The minimum Gasteiger partial charge on any atom is -0.348 e. The van der Waals surface area contributed by atoms with Gasteiger partial charge in [0.25, 0.3) is 5.56 Å². The maximum absolute atomic E-state index is 13.0.